The molecule has 0 saturated carbocycles. The van der Waals surface area contributed by atoms with Crippen molar-refractivity contribution in [3.05, 3.63) is 30.3 Å². The van der Waals surface area contributed by atoms with Gasteiger partial charge in [-0.1, -0.05) is 18.2 Å². The third-order valence-electron chi connectivity index (χ3n) is 3.09. The van der Waals surface area contributed by atoms with Gasteiger partial charge in [-0.05, 0) is 32.9 Å². The van der Waals surface area contributed by atoms with Crippen LogP contribution in [0.3, 0.4) is 0 Å². The summed E-state index contributed by atoms with van der Waals surface area (Å²) in [6.07, 6.45) is -0.368. The van der Waals surface area contributed by atoms with Gasteiger partial charge in [0.2, 0.25) is 0 Å². The van der Waals surface area contributed by atoms with E-state index in [-0.39, 0.29) is 17.7 Å². The van der Waals surface area contributed by atoms with Crippen molar-refractivity contribution in [2.24, 2.45) is 0 Å². The minimum atomic E-state index is -0.375. The summed E-state index contributed by atoms with van der Waals surface area (Å²) >= 11 is 0. The molecule has 1 heterocycles. The average molecular weight is 248 g/mol. The maximum Gasteiger partial charge on any atom is 0.411 e. The number of carbonyl (C=O) groups is 1. The van der Waals surface area contributed by atoms with E-state index >= 15 is 0 Å². The molecule has 0 unspecified atom stereocenters. The van der Waals surface area contributed by atoms with Crippen LogP contribution in [0.4, 0.5) is 10.5 Å². The van der Waals surface area contributed by atoms with E-state index in [1.165, 1.54) is 0 Å². The molecule has 0 aliphatic carbocycles. The molecule has 1 N–H and O–H groups in total. The Bertz CT molecular complexity index is 406. The summed E-state index contributed by atoms with van der Waals surface area (Å²) in [7, 11) is 0. The zero-order chi connectivity index (χ0) is 13.2. The Morgan fingerprint density at radius 3 is 2.44 bits per heavy atom. The largest absolute Gasteiger partial charge is 0.443 e. The quantitative estimate of drug-likeness (QED) is 0.875. The van der Waals surface area contributed by atoms with Crippen LogP contribution in [-0.4, -0.2) is 35.7 Å². The Kier molecular flexibility index (Phi) is 3.57. The molecule has 1 saturated heterocycles. The summed E-state index contributed by atoms with van der Waals surface area (Å²) in [6, 6.07) is 9.33. The van der Waals surface area contributed by atoms with E-state index in [9.17, 15) is 4.79 Å². The number of para-hydroxylation sites is 1. The van der Waals surface area contributed by atoms with Crippen LogP contribution in [-0.2, 0) is 4.74 Å². The lowest BCUT2D eigenvalue weighted by molar-refractivity contribution is -0.0524. The lowest BCUT2D eigenvalue weighted by atomic mass is 9.99. The van der Waals surface area contributed by atoms with Crippen molar-refractivity contribution in [2.45, 2.75) is 32.4 Å². The fraction of sp³-hybridized carbons (Fsp3) is 0.500. The van der Waals surface area contributed by atoms with E-state index in [0.29, 0.717) is 0 Å². The summed E-state index contributed by atoms with van der Waals surface area (Å²) in [5, 5.41) is 2.71. The monoisotopic (exact) mass is 248 g/mol. The van der Waals surface area contributed by atoms with E-state index in [1.54, 1.807) is 0 Å². The Hall–Kier alpha value is -1.55. The lowest BCUT2D eigenvalue weighted by Gasteiger charge is -2.46. The first-order valence-corrected chi connectivity index (χ1v) is 6.23. The number of hydrogen-bond donors (Lipinski definition) is 1. The highest BCUT2D eigenvalue weighted by atomic mass is 16.6. The molecule has 1 aliphatic rings. The second kappa shape index (κ2) is 4.98. The highest BCUT2D eigenvalue weighted by molar-refractivity contribution is 5.84. The summed E-state index contributed by atoms with van der Waals surface area (Å²) in [6.45, 7) is 8.10. The van der Waals surface area contributed by atoms with Gasteiger partial charge < -0.3 is 4.74 Å². The third-order valence-corrected chi connectivity index (χ3v) is 3.09. The second-order valence-electron chi connectivity index (χ2n) is 5.59. The van der Waals surface area contributed by atoms with E-state index in [1.807, 2.05) is 30.3 Å². The standard InChI is InChI=1S/C14H20N2O2/c1-14(2,3)16-9-12(10-16)18-13(17)15-11-7-5-4-6-8-11/h4-8,12H,9-10H2,1-3H3,(H,15,17). The first-order chi connectivity index (χ1) is 8.45. The van der Waals surface area contributed by atoms with Gasteiger partial charge in [-0.2, -0.15) is 0 Å². The van der Waals surface area contributed by atoms with Gasteiger partial charge in [-0.15, -0.1) is 0 Å². The van der Waals surface area contributed by atoms with Crippen LogP contribution in [0.1, 0.15) is 20.8 Å². The Morgan fingerprint density at radius 2 is 1.89 bits per heavy atom. The van der Waals surface area contributed by atoms with Gasteiger partial charge in [-0.25, -0.2) is 4.79 Å². The van der Waals surface area contributed by atoms with Crippen molar-refractivity contribution in [1.82, 2.24) is 4.90 Å². The molecule has 98 valence electrons. The van der Waals surface area contributed by atoms with Crippen LogP contribution < -0.4 is 5.32 Å². The number of amides is 1. The van der Waals surface area contributed by atoms with Gasteiger partial charge in [-0.3, -0.25) is 10.2 Å². The number of nitrogens with one attached hydrogen (secondary N) is 1. The summed E-state index contributed by atoms with van der Waals surface area (Å²) < 4.78 is 5.32. The number of benzene rings is 1. The van der Waals surface area contributed by atoms with Crippen LogP contribution in [0, 0.1) is 0 Å². The number of rotatable bonds is 2. The first-order valence-electron chi connectivity index (χ1n) is 6.23. The van der Waals surface area contributed by atoms with Gasteiger partial charge >= 0.3 is 6.09 Å². The van der Waals surface area contributed by atoms with Crippen LogP contribution in [0.2, 0.25) is 0 Å². The van der Waals surface area contributed by atoms with Crippen LogP contribution in [0.25, 0.3) is 0 Å². The molecule has 4 heteroatoms. The van der Waals surface area contributed by atoms with Crippen molar-refractivity contribution in [3.63, 3.8) is 0 Å². The number of hydrogen-bond acceptors (Lipinski definition) is 3. The van der Waals surface area contributed by atoms with Crippen LogP contribution in [0.5, 0.6) is 0 Å². The fourth-order valence-electron chi connectivity index (χ4n) is 1.88. The second-order valence-corrected chi connectivity index (χ2v) is 5.59. The maximum atomic E-state index is 11.6. The highest BCUT2D eigenvalue weighted by Gasteiger charge is 2.36. The number of likely N-dealkylation sites (tertiary alicyclic amines) is 1. The molecule has 0 spiro atoms. The molecule has 0 bridgehead atoms. The number of anilines is 1. The SMILES string of the molecule is CC(C)(C)N1CC(OC(=O)Nc2ccccc2)C1. The number of carbonyl (C=O) groups excluding carboxylic acids is 1. The lowest BCUT2D eigenvalue weighted by Crippen LogP contribution is -2.60. The van der Waals surface area contributed by atoms with Crippen molar-refractivity contribution in [2.75, 3.05) is 18.4 Å². The average Bonchev–Trinajstić information content (AvgIpc) is 2.22. The molecule has 0 aromatic heterocycles. The number of ether oxygens (including phenoxy) is 1. The summed E-state index contributed by atoms with van der Waals surface area (Å²) in [4.78, 5) is 13.9. The molecule has 4 nitrogen and oxygen atoms in total. The molecule has 1 aliphatic heterocycles. The third kappa shape index (κ3) is 3.23. The fourth-order valence-corrected chi connectivity index (χ4v) is 1.88. The normalized spacial score (nSPS) is 17.1. The number of nitrogens with zero attached hydrogens (tertiary/aromatic N) is 1. The molecule has 1 fully saturated rings. The zero-order valence-electron chi connectivity index (χ0n) is 11.1. The van der Waals surface area contributed by atoms with Crippen molar-refractivity contribution in [3.8, 4) is 0 Å². The summed E-state index contributed by atoms with van der Waals surface area (Å²) in [5.74, 6) is 0. The van der Waals surface area contributed by atoms with Gasteiger partial charge in [0.25, 0.3) is 0 Å². The minimum absolute atomic E-state index is 0.00735. The van der Waals surface area contributed by atoms with Crippen LogP contribution in [0.15, 0.2) is 30.3 Å². The first kappa shape index (κ1) is 12.9. The van der Waals surface area contributed by atoms with E-state index in [4.69, 9.17) is 4.74 Å². The Balaban J connectivity index is 1.74. The topological polar surface area (TPSA) is 41.6 Å². The van der Waals surface area contributed by atoms with E-state index in [2.05, 4.69) is 31.0 Å². The predicted octanol–water partition coefficient (Wildman–Crippen LogP) is 2.72. The molecular weight excluding hydrogens is 228 g/mol. The predicted molar refractivity (Wildman–Crippen MR) is 71.7 cm³/mol. The molecule has 2 rings (SSSR count). The molecule has 18 heavy (non-hydrogen) atoms. The molecule has 0 radical (unpaired) electrons. The van der Waals surface area contributed by atoms with Crippen molar-refractivity contribution in [1.29, 1.82) is 0 Å². The van der Waals surface area contributed by atoms with Gasteiger partial charge in [0.15, 0.2) is 0 Å². The summed E-state index contributed by atoms with van der Waals surface area (Å²) in [5.41, 5.74) is 0.907. The van der Waals surface area contributed by atoms with Crippen LogP contribution >= 0.6 is 0 Å². The highest BCUT2D eigenvalue weighted by Crippen LogP contribution is 2.23. The van der Waals surface area contributed by atoms with Crippen molar-refractivity contribution >= 4 is 11.8 Å². The molecular formula is C14H20N2O2. The van der Waals surface area contributed by atoms with E-state index in [0.717, 1.165) is 18.8 Å². The van der Waals surface area contributed by atoms with Gasteiger partial charge in [0.1, 0.15) is 6.10 Å². The van der Waals surface area contributed by atoms with E-state index < -0.39 is 0 Å². The molecule has 1 amide bonds. The molecule has 1 aromatic rings. The zero-order valence-corrected chi connectivity index (χ0v) is 11.1. The maximum absolute atomic E-state index is 11.6. The smallest absolute Gasteiger partial charge is 0.411 e. The Morgan fingerprint density at radius 1 is 1.28 bits per heavy atom. The molecule has 0 atom stereocenters. The van der Waals surface area contributed by atoms with Gasteiger partial charge in [0.05, 0.1) is 0 Å². The minimum Gasteiger partial charge on any atom is -0.443 e. The van der Waals surface area contributed by atoms with Crippen molar-refractivity contribution < 1.29 is 9.53 Å². The molecule has 1 aromatic carbocycles. The van der Waals surface area contributed by atoms with Gasteiger partial charge in [0, 0.05) is 24.3 Å². The Labute approximate surface area is 108 Å².